The minimum absolute atomic E-state index is 0.203. The van der Waals surface area contributed by atoms with Crippen LogP contribution in [0.1, 0.15) is 28.5 Å². The number of fused-ring (bicyclic) bond motifs is 1. The number of carbonyl (C=O) groups excluding carboxylic acids is 1. The summed E-state index contributed by atoms with van der Waals surface area (Å²) in [5.41, 5.74) is 5.10. The molecule has 0 saturated carbocycles. The number of hydrogen-bond acceptors (Lipinski definition) is 3. The quantitative estimate of drug-likeness (QED) is 0.502. The van der Waals surface area contributed by atoms with Crippen LogP contribution in [0.5, 0.6) is 5.75 Å². The number of ether oxygens (including phenoxy) is 1. The molecule has 0 aliphatic rings. The molecular formula is C23H22N2O3. The fourth-order valence-electron chi connectivity index (χ4n) is 3.25. The summed E-state index contributed by atoms with van der Waals surface area (Å²) in [4.78, 5) is 13.1. The van der Waals surface area contributed by atoms with Crippen molar-refractivity contribution in [1.82, 2.24) is 4.57 Å². The van der Waals surface area contributed by atoms with Crippen LogP contribution in [0.4, 0.5) is 5.69 Å². The topological polar surface area (TPSA) is 56.4 Å². The van der Waals surface area contributed by atoms with Crippen molar-refractivity contribution < 1.29 is 13.9 Å². The van der Waals surface area contributed by atoms with Crippen molar-refractivity contribution in [2.75, 3.05) is 11.9 Å². The van der Waals surface area contributed by atoms with Crippen LogP contribution in [-0.2, 0) is 6.54 Å². The molecule has 2 aromatic heterocycles. The van der Waals surface area contributed by atoms with E-state index >= 15 is 0 Å². The molecule has 28 heavy (non-hydrogen) atoms. The first kappa shape index (κ1) is 17.9. The lowest BCUT2D eigenvalue weighted by atomic mass is 10.1. The van der Waals surface area contributed by atoms with Crippen molar-refractivity contribution in [1.29, 1.82) is 0 Å². The van der Waals surface area contributed by atoms with E-state index in [2.05, 4.69) is 36.5 Å². The molecule has 2 aromatic carbocycles. The fraction of sp³-hybridized carbons (Fsp3) is 0.174. The molecule has 2 heterocycles. The Morgan fingerprint density at radius 3 is 2.68 bits per heavy atom. The molecule has 4 rings (SSSR count). The van der Waals surface area contributed by atoms with E-state index in [1.165, 1.54) is 5.56 Å². The number of para-hydroxylation sites is 2. The Kier molecular flexibility index (Phi) is 4.89. The first-order chi connectivity index (χ1) is 13.7. The zero-order valence-corrected chi connectivity index (χ0v) is 15.9. The molecule has 0 aliphatic heterocycles. The Hall–Kier alpha value is -3.47. The summed E-state index contributed by atoms with van der Waals surface area (Å²) >= 11 is 0. The molecule has 0 radical (unpaired) electrons. The maximum atomic E-state index is 13.1. The summed E-state index contributed by atoms with van der Waals surface area (Å²) in [7, 11) is 0. The van der Waals surface area contributed by atoms with Crippen molar-refractivity contribution in [3.63, 3.8) is 0 Å². The second-order valence-electron chi connectivity index (χ2n) is 6.65. The Morgan fingerprint density at radius 2 is 1.89 bits per heavy atom. The van der Waals surface area contributed by atoms with Gasteiger partial charge in [-0.1, -0.05) is 42.0 Å². The average Bonchev–Trinajstić information content (AvgIpc) is 3.28. The van der Waals surface area contributed by atoms with E-state index in [1.54, 1.807) is 12.3 Å². The van der Waals surface area contributed by atoms with E-state index in [-0.39, 0.29) is 5.91 Å². The Morgan fingerprint density at radius 1 is 1.11 bits per heavy atom. The zero-order valence-electron chi connectivity index (χ0n) is 15.9. The normalized spacial score (nSPS) is 10.9. The lowest BCUT2D eigenvalue weighted by Gasteiger charge is -2.13. The highest BCUT2D eigenvalue weighted by Gasteiger charge is 2.19. The Balaban J connectivity index is 1.67. The molecule has 0 saturated heterocycles. The molecule has 0 atom stereocenters. The number of aryl methyl sites for hydroxylation is 1. The zero-order chi connectivity index (χ0) is 19.5. The van der Waals surface area contributed by atoms with Crippen LogP contribution < -0.4 is 10.1 Å². The van der Waals surface area contributed by atoms with E-state index in [4.69, 9.17) is 9.15 Å². The number of aromatic nitrogens is 1. The predicted molar refractivity (Wildman–Crippen MR) is 110 cm³/mol. The summed E-state index contributed by atoms with van der Waals surface area (Å²) in [5, 5.41) is 2.97. The van der Waals surface area contributed by atoms with Gasteiger partial charge in [0.05, 0.1) is 24.1 Å². The summed E-state index contributed by atoms with van der Waals surface area (Å²) in [6.07, 6.45) is 1.64. The third kappa shape index (κ3) is 3.51. The highest BCUT2D eigenvalue weighted by Crippen LogP contribution is 2.27. The number of amides is 1. The van der Waals surface area contributed by atoms with Gasteiger partial charge in [-0.15, -0.1) is 0 Å². The van der Waals surface area contributed by atoms with Gasteiger partial charge in [0.25, 0.3) is 5.91 Å². The number of carbonyl (C=O) groups is 1. The first-order valence-corrected chi connectivity index (χ1v) is 9.31. The van der Waals surface area contributed by atoms with Crippen LogP contribution in [0, 0.1) is 6.92 Å². The van der Waals surface area contributed by atoms with Gasteiger partial charge in [-0.05, 0) is 31.5 Å². The second-order valence-corrected chi connectivity index (χ2v) is 6.65. The summed E-state index contributed by atoms with van der Waals surface area (Å²) in [5.74, 6) is 0.448. The number of rotatable bonds is 6. The number of hydrogen-bond donors (Lipinski definition) is 1. The van der Waals surface area contributed by atoms with Gasteiger partial charge in [0.1, 0.15) is 11.4 Å². The molecular weight excluding hydrogens is 352 g/mol. The maximum Gasteiger partial charge on any atom is 0.272 e. The van der Waals surface area contributed by atoms with Gasteiger partial charge in [0.15, 0.2) is 5.58 Å². The molecule has 142 valence electrons. The largest absolute Gasteiger partial charge is 0.492 e. The second kappa shape index (κ2) is 7.64. The van der Waals surface area contributed by atoms with Crippen molar-refractivity contribution in [2.45, 2.75) is 20.4 Å². The van der Waals surface area contributed by atoms with Gasteiger partial charge < -0.3 is 19.0 Å². The molecule has 0 bridgehead atoms. The lowest BCUT2D eigenvalue weighted by Crippen LogP contribution is -2.18. The number of furan rings is 1. The Bertz CT molecular complexity index is 1110. The first-order valence-electron chi connectivity index (χ1n) is 9.31. The van der Waals surface area contributed by atoms with E-state index in [0.29, 0.717) is 35.9 Å². The number of nitrogens with zero attached hydrogens (tertiary/aromatic N) is 1. The summed E-state index contributed by atoms with van der Waals surface area (Å²) < 4.78 is 13.1. The van der Waals surface area contributed by atoms with E-state index in [1.807, 2.05) is 41.8 Å². The standard InChI is InChI=1S/C23H22N2O3/c1-3-27-21-7-5-4-6-18(21)24-23(26)20-14-22-19(12-13-28-22)25(20)15-17-10-8-16(2)9-11-17/h4-14H,3,15H2,1-2H3,(H,24,26). The van der Waals surface area contributed by atoms with Crippen molar-refractivity contribution in [3.05, 3.63) is 83.7 Å². The van der Waals surface area contributed by atoms with Crippen LogP contribution >= 0.6 is 0 Å². The van der Waals surface area contributed by atoms with Gasteiger partial charge >= 0.3 is 0 Å². The highest BCUT2D eigenvalue weighted by molar-refractivity contribution is 6.06. The molecule has 0 fully saturated rings. The molecule has 1 amide bonds. The summed E-state index contributed by atoms with van der Waals surface area (Å²) in [6, 6.07) is 19.4. The van der Waals surface area contributed by atoms with Crippen LogP contribution in [0.25, 0.3) is 11.1 Å². The monoisotopic (exact) mass is 374 g/mol. The minimum atomic E-state index is -0.203. The smallest absolute Gasteiger partial charge is 0.272 e. The number of benzene rings is 2. The van der Waals surface area contributed by atoms with E-state index in [0.717, 1.165) is 11.1 Å². The molecule has 0 unspecified atom stereocenters. The fourth-order valence-corrected chi connectivity index (χ4v) is 3.25. The number of nitrogens with one attached hydrogen (secondary N) is 1. The van der Waals surface area contributed by atoms with Crippen LogP contribution in [-0.4, -0.2) is 17.1 Å². The Labute approximate surface area is 163 Å². The summed E-state index contributed by atoms with van der Waals surface area (Å²) in [6.45, 7) is 5.09. The predicted octanol–water partition coefficient (Wildman–Crippen LogP) is 5.24. The van der Waals surface area contributed by atoms with Crippen molar-refractivity contribution >= 4 is 22.7 Å². The average molecular weight is 374 g/mol. The van der Waals surface area contributed by atoms with Gasteiger partial charge in [-0.25, -0.2) is 0 Å². The van der Waals surface area contributed by atoms with Gasteiger partial charge in [-0.2, -0.15) is 0 Å². The van der Waals surface area contributed by atoms with E-state index in [9.17, 15) is 4.79 Å². The van der Waals surface area contributed by atoms with E-state index < -0.39 is 0 Å². The van der Waals surface area contributed by atoms with Crippen LogP contribution in [0.3, 0.4) is 0 Å². The lowest BCUT2D eigenvalue weighted by molar-refractivity contribution is 0.101. The van der Waals surface area contributed by atoms with Crippen molar-refractivity contribution in [2.24, 2.45) is 0 Å². The highest BCUT2D eigenvalue weighted by atomic mass is 16.5. The van der Waals surface area contributed by atoms with Crippen molar-refractivity contribution in [3.8, 4) is 5.75 Å². The minimum Gasteiger partial charge on any atom is -0.492 e. The third-order valence-electron chi connectivity index (χ3n) is 4.65. The molecule has 0 spiro atoms. The third-order valence-corrected chi connectivity index (χ3v) is 4.65. The molecule has 4 aromatic rings. The van der Waals surface area contributed by atoms with Crippen LogP contribution in [0.15, 0.2) is 71.3 Å². The molecule has 1 N–H and O–H groups in total. The van der Waals surface area contributed by atoms with Gasteiger partial charge in [0, 0.05) is 18.7 Å². The molecule has 5 nitrogen and oxygen atoms in total. The van der Waals surface area contributed by atoms with Gasteiger partial charge in [0.2, 0.25) is 0 Å². The molecule has 5 heteroatoms. The molecule has 0 aliphatic carbocycles. The van der Waals surface area contributed by atoms with Crippen LogP contribution in [0.2, 0.25) is 0 Å². The number of anilines is 1. The maximum absolute atomic E-state index is 13.1. The van der Waals surface area contributed by atoms with Gasteiger partial charge in [-0.3, -0.25) is 4.79 Å². The SMILES string of the molecule is CCOc1ccccc1NC(=O)c1cc2occc2n1Cc1ccc(C)cc1.